The molecule has 4 rings (SSSR count). The van der Waals surface area contributed by atoms with Crippen molar-refractivity contribution in [2.75, 3.05) is 17.3 Å². The molecule has 3 amide bonds. The molecule has 0 aromatic heterocycles. The van der Waals surface area contributed by atoms with E-state index >= 15 is 0 Å². The molecule has 2 aromatic rings. The van der Waals surface area contributed by atoms with E-state index in [-0.39, 0.29) is 29.6 Å². The van der Waals surface area contributed by atoms with Crippen LogP contribution < -0.4 is 15.0 Å². The first-order chi connectivity index (χ1) is 14.0. The van der Waals surface area contributed by atoms with Crippen LogP contribution in [0.15, 0.2) is 42.5 Å². The van der Waals surface area contributed by atoms with Gasteiger partial charge in [0.05, 0.1) is 30.3 Å². The van der Waals surface area contributed by atoms with E-state index in [9.17, 15) is 14.4 Å². The van der Waals surface area contributed by atoms with Crippen molar-refractivity contribution in [1.82, 2.24) is 0 Å². The van der Waals surface area contributed by atoms with Gasteiger partial charge < -0.3 is 10.1 Å². The quantitative estimate of drug-likeness (QED) is 0.760. The Morgan fingerprint density at radius 3 is 2.41 bits per heavy atom. The lowest BCUT2D eigenvalue weighted by Gasteiger charge is -2.19. The lowest BCUT2D eigenvalue weighted by molar-refractivity contribution is -0.122. The summed E-state index contributed by atoms with van der Waals surface area (Å²) in [6.45, 7) is 0. The molecule has 150 valence electrons. The molecule has 2 fully saturated rings. The normalized spacial score (nSPS) is 21.1. The van der Waals surface area contributed by atoms with Crippen LogP contribution in [-0.4, -0.2) is 24.8 Å². The summed E-state index contributed by atoms with van der Waals surface area (Å²) in [6, 6.07) is 11.5. The van der Waals surface area contributed by atoms with Gasteiger partial charge in [-0.1, -0.05) is 30.5 Å². The van der Waals surface area contributed by atoms with Gasteiger partial charge in [-0.3, -0.25) is 19.3 Å². The van der Waals surface area contributed by atoms with Gasteiger partial charge >= 0.3 is 0 Å². The highest BCUT2D eigenvalue weighted by Gasteiger charge is 2.48. The van der Waals surface area contributed by atoms with Gasteiger partial charge in [-0.05, 0) is 49.2 Å². The lowest BCUT2D eigenvalue weighted by Crippen LogP contribution is -2.31. The molecule has 0 radical (unpaired) electrons. The summed E-state index contributed by atoms with van der Waals surface area (Å²) >= 11 is 6.02. The average Bonchev–Trinajstić information content (AvgIpc) is 2.99. The fourth-order valence-corrected chi connectivity index (χ4v) is 4.35. The molecule has 0 bridgehead atoms. The third-order valence-corrected chi connectivity index (χ3v) is 5.85. The largest absolute Gasteiger partial charge is 0.495 e. The Morgan fingerprint density at radius 1 is 1.07 bits per heavy atom. The molecule has 1 N–H and O–H groups in total. The third kappa shape index (κ3) is 3.60. The van der Waals surface area contributed by atoms with E-state index in [0.29, 0.717) is 27.7 Å². The Labute approximate surface area is 173 Å². The van der Waals surface area contributed by atoms with E-state index in [1.54, 1.807) is 42.5 Å². The summed E-state index contributed by atoms with van der Waals surface area (Å²) in [7, 11) is 1.50. The van der Waals surface area contributed by atoms with Gasteiger partial charge in [0.2, 0.25) is 11.8 Å². The van der Waals surface area contributed by atoms with E-state index in [1.165, 1.54) is 12.0 Å². The molecule has 29 heavy (non-hydrogen) atoms. The van der Waals surface area contributed by atoms with Gasteiger partial charge in [0.1, 0.15) is 5.75 Å². The monoisotopic (exact) mass is 412 g/mol. The van der Waals surface area contributed by atoms with Gasteiger partial charge in [-0.2, -0.15) is 0 Å². The summed E-state index contributed by atoms with van der Waals surface area (Å²) in [4.78, 5) is 39.7. The summed E-state index contributed by atoms with van der Waals surface area (Å²) in [5.41, 5.74) is 1.20. The summed E-state index contributed by atoms with van der Waals surface area (Å²) < 4.78 is 5.25. The van der Waals surface area contributed by atoms with Crippen molar-refractivity contribution >= 4 is 40.7 Å². The average molecular weight is 413 g/mol. The second kappa shape index (κ2) is 7.87. The van der Waals surface area contributed by atoms with Crippen molar-refractivity contribution in [3.63, 3.8) is 0 Å². The first-order valence-corrected chi connectivity index (χ1v) is 10.00. The minimum absolute atomic E-state index is 0.159. The van der Waals surface area contributed by atoms with Crippen LogP contribution in [0, 0.1) is 11.8 Å². The second-order valence-electron chi connectivity index (χ2n) is 7.36. The van der Waals surface area contributed by atoms with Crippen molar-refractivity contribution in [3.8, 4) is 5.75 Å². The minimum atomic E-state index is -0.385. The fraction of sp³-hybridized carbons (Fsp3) is 0.318. The number of nitrogens with zero attached hydrogens (tertiary/aromatic N) is 1. The highest BCUT2D eigenvalue weighted by atomic mass is 35.5. The number of ether oxygens (including phenoxy) is 1. The highest BCUT2D eigenvalue weighted by Crippen LogP contribution is 2.40. The Kier molecular flexibility index (Phi) is 5.28. The van der Waals surface area contributed by atoms with Crippen molar-refractivity contribution in [3.05, 3.63) is 53.1 Å². The maximum absolute atomic E-state index is 12.8. The number of anilines is 2. The number of carbonyl (C=O) groups excluding carboxylic acids is 3. The summed E-state index contributed by atoms with van der Waals surface area (Å²) in [5.74, 6) is -0.687. The maximum Gasteiger partial charge on any atom is 0.255 e. The lowest BCUT2D eigenvalue weighted by atomic mass is 9.81. The van der Waals surface area contributed by atoms with E-state index in [2.05, 4.69) is 5.32 Å². The van der Waals surface area contributed by atoms with Crippen LogP contribution in [0.5, 0.6) is 5.75 Å². The Hall–Kier alpha value is -2.86. The number of hydrogen-bond acceptors (Lipinski definition) is 4. The number of hydrogen-bond donors (Lipinski definition) is 1. The van der Waals surface area contributed by atoms with Crippen LogP contribution in [0.25, 0.3) is 0 Å². The molecule has 1 aliphatic heterocycles. The summed E-state index contributed by atoms with van der Waals surface area (Å²) in [6.07, 6.45) is 3.44. The maximum atomic E-state index is 12.8. The molecule has 2 atom stereocenters. The molecule has 2 aliphatic rings. The first kappa shape index (κ1) is 19.5. The Morgan fingerprint density at radius 2 is 1.76 bits per heavy atom. The molecule has 6 nitrogen and oxygen atoms in total. The number of carbonyl (C=O) groups is 3. The number of halogens is 1. The zero-order chi connectivity index (χ0) is 20.5. The van der Waals surface area contributed by atoms with Crippen molar-refractivity contribution < 1.29 is 19.1 Å². The first-order valence-electron chi connectivity index (χ1n) is 9.62. The third-order valence-electron chi connectivity index (χ3n) is 5.62. The van der Waals surface area contributed by atoms with Crippen LogP contribution in [0.4, 0.5) is 11.4 Å². The van der Waals surface area contributed by atoms with Gasteiger partial charge in [-0.25, -0.2) is 0 Å². The number of nitrogens with one attached hydrogen (secondary N) is 1. The van der Waals surface area contributed by atoms with Crippen LogP contribution in [0.1, 0.15) is 36.0 Å². The summed E-state index contributed by atoms with van der Waals surface area (Å²) in [5, 5.41) is 3.24. The molecule has 1 saturated carbocycles. The molecule has 7 heteroatoms. The van der Waals surface area contributed by atoms with Crippen LogP contribution in [0.2, 0.25) is 5.02 Å². The van der Waals surface area contributed by atoms with Gasteiger partial charge in [-0.15, -0.1) is 0 Å². The number of imide groups is 1. The molecule has 0 spiro atoms. The molecule has 1 heterocycles. The second-order valence-corrected chi connectivity index (χ2v) is 7.79. The van der Waals surface area contributed by atoms with Crippen LogP contribution in [-0.2, 0) is 9.59 Å². The highest BCUT2D eigenvalue weighted by molar-refractivity contribution is 6.31. The number of rotatable bonds is 4. The van der Waals surface area contributed by atoms with Crippen molar-refractivity contribution in [2.24, 2.45) is 11.8 Å². The molecule has 2 aromatic carbocycles. The van der Waals surface area contributed by atoms with Gasteiger partial charge in [0.15, 0.2) is 0 Å². The fourth-order valence-electron chi connectivity index (χ4n) is 4.18. The van der Waals surface area contributed by atoms with Gasteiger partial charge in [0.25, 0.3) is 5.91 Å². The molecule has 1 saturated heterocycles. The van der Waals surface area contributed by atoms with Crippen LogP contribution >= 0.6 is 11.6 Å². The molecule has 0 unspecified atom stereocenters. The van der Waals surface area contributed by atoms with E-state index in [0.717, 1.165) is 25.7 Å². The molecular formula is C22H21ClN2O4. The topological polar surface area (TPSA) is 75.7 Å². The number of methoxy groups -OCH3 is 1. The number of fused-ring (bicyclic) bond motifs is 1. The van der Waals surface area contributed by atoms with Crippen molar-refractivity contribution in [2.45, 2.75) is 25.7 Å². The zero-order valence-electron chi connectivity index (χ0n) is 16.0. The Bertz CT molecular complexity index is 967. The number of amides is 3. The van der Waals surface area contributed by atoms with Gasteiger partial charge in [0, 0.05) is 10.6 Å². The predicted molar refractivity (Wildman–Crippen MR) is 110 cm³/mol. The van der Waals surface area contributed by atoms with Crippen molar-refractivity contribution in [1.29, 1.82) is 0 Å². The minimum Gasteiger partial charge on any atom is -0.495 e. The molecule has 1 aliphatic carbocycles. The predicted octanol–water partition coefficient (Wildman–Crippen LogP) is 4.28. The standard InChI is InChI=1S/C22H21ClN2O4/c1-29-19-10-9-14(23)12-18(19)24-20(26)13-5-4-6-15(11-13)25-21(27)16-7-2-3-8-17(16)22(25)28/h4-6,9-12,16-17H,2-3,7-8H2,1H3,(H,24,26)/t16-,17-/m0/s1. The SMILES string of the molecule is COc1ccc(Cl)cc1NC(=O)c1cccc(N2C(=O)[C@H]3CCCC[C@@H]3C2=O)c1. The Balaban J connectivity index is 1.59. The molecular weight excluding hydrogens is 392 g/mol. The van der Waals surface area contributed by atoms with E-state index < -0.39 is 0 Å². The smallest absolute Gasteiger partial charge is 0.255 e. The van der Waals surface area contributed by atoms with E-state index in [4.69, 9.17) is 16.3 Å². The zero-order valence-corrected chi connectivity index (χ0v) is 16.7. The van der Waals surface area contributed by atoms with Crippen LogP contribution in [0.3, 0.4) is 0 Å². The van der Waals surface area contributed by atoms with E-state index in [1.807, 2.05) is 0 Å². The number of benzene rings is 2.